The summed E-state index contributed by atoms with van der Waals surface area (Å²) in [6.45, 7) is 7.05. The molecule has 0 saturated carbocycles. The van der Waals surface area contributed by atoms with Gasteiger partial charge in [-0.15, -0.1) is 0 Å². The lowest BCUT2D eigenvalue weighted by Crippen LogP contribution is -2.33. The van der Waals surface area contributed by atoms with Gasteiger partial charge in [0.2, 0.25) is 0 Å². The summed E-state index contributed by atoms with van der Waals surface area (Å²) < 4.78 is 10.7. The molecule has 0 radical (unpaired) electrons. The summed E-state index contributed by atoms with van der Waals surface area (Å²) in [5.74, 6) is 0. The average molecular weight is 233 g/mol. The first-order chi connectivity index (χ1) is 7.62. The summed E-state index contributed by atoms with van der Waals surface area (Å²) in [5, 5.41) is 9.64. The van der Waals surface area contributed by atoms with Crippen molar-refractivity contribution in [2.75, 3.05) is 33.0 Å². The summed E-state index contributed by atoms with van der Waals surface area (Å²) >= 11 is 0. The molecule has 3 N–H and O–H groups in total. The molecular weight excluding hydrogens is 206 g/mol. The Kier molecular flexibility index (Phi) is 9.92. The Hall–Kier alpha value is -0.160. The van der Waals surface area contributed by atoms with Gasteiger partial charge in [-0.25, -0.2) is 0 Å². The Morgan fingerprint density at radius 2 is 1.69 bits per heavy atom. The number of nitrogens with two attached hydrogens (primary N) is 1. The molecule has 1 atom stereocenters. The van der Waals surface area contributed by atoms with Crippen molar-refractivity contribution >= 4 is 0 Å². The highest BCUT2D eigenvalue weighted by Crippen LogP contribution is 2.11. The quantitative estimate of drug-likeness (QED) is 0.528. The van der Waals surface area contributed by atoms with E-state index in [0.29, 0.717) is 19.8 Å². The van der Waals surface area contributed by atoms with Crippen molar-refractivity contribution < 1.29 is 14.6 Å². The van der Waals surface area contributed by atoms with E-state index >= 15 is 0 Å². The molecule has 0 aromatic carbocycles. The van der Waals surface area contributed by atoms with E-state index in [4.69, 9.17) is 15.2 Å². The van der Waals surface area contributed by atoms with E-state index in [9.17, 15) is 5.11 Å². The lowest BCUT2D eigenvalue weighted by Gasteiger charge is -2.20. The van der Waals surface area contributed by atoms with Crippen molar-refractivity contribution in [1.82, 2.24) is 0 Å². The summed E-state index contributed by atoms with van der Waals surface area (Å²) in [4.78, 5) is 0. The first-order valence-corrected chi connectivity index (χ1v) is 6.20. The van der Waals surface area contributed by atoms with E-state index in [0.717, 1.165) is 38.9 Å². The fraction of sp³-hybridized carbons (Fsp3) is 1.00. The highest BCUT2D eigenvalue weighted by molar-refractivity contribution is 4.72. The maximum absolute atomic E-state index is 9.64. The number of aliphatic hydroxyl groups is 1. The van der Waals surface area contributed by atoms with Crippen LogP contribution in [0.2, 0.25) is 0 Å². The van der Waals surface area contributed by atoms with Crippen molar-refractivity contribution in [3.63, 3.8) is 0 Å². The van der Waals surface area contributed by atoms with Gasteiger partial charge >= 0.3 is 0 Å². The van der Waals surface area contributed by atoms with Crippen LogP contribution in [0.3, 0.4) is 0 Å². The van der Waals surface area contributed by atoms with Gasteiger partial charge in [-0.2, -0.15) is 0 Å². The van der Waals surface area contributed by atoms with Gasteiger partial charge in [0, 0.05) is 19.8 Å². The monoisotopic (exact) mass is 233 g/mol. The lowest BCUT2D eigenvalue weighted by atomic mass is 10.00. The molecule has 4 heteroatoms. The van der Waals surface area contributed by atoms with Crippen molar-refractivity contribution in [3.8, 4) is 0 Å². The zero-order valence-corrected chi connectivity index (χ0v) is 10.7. The third kappa shape index (κ3) is 10.4. The second-order valence-electron chi connectivity index (χ2n) is 4.38. The first-order valence-electron chi connectivity index (χ1n) is 6.20. The third-order valence-corrected chi connectivity index (χ3v) is 2.41. The van der Waals surface area contributed by atoms with E-state index in [2.05, 4.69) is 6.92 Å². The van der Waals surface area contributed by atoms with Crippen molar-refractivity contribution in [1.29, 1.82) is 0 Å². The molecule has 16 heavy (non-hydrogen) atoms. The maximum Gasteiger partial charge on any atom is 0.0741 e. The highest BCUT2D eigenvalue weighted by atomic mass is 16.5. The fourth-order valence-corrected chi connectivity index (χ4v) is 1.28. The van der Waals surface area contributed by atoms with Gasteiger partial charge in [-0.3, -0.25) is 0 Å². The van der Waals surface area contributed by atoms with Crippen LogP contribution >= 0.6 is 0 Å². The van der Waals surface area contributed by atoms with Crippen LogP contribution in [0.25, 0.3) is 0 Å². The molecule has 0 amide bonds. The zero-order valence-electron chi connectivity index (χ0n) is 10.7. The molecule has 0 aromatic heterocycles. The van der Waals surface area contributed by atoms with Gasteiger partial charge in [0.25, 0.3) is 0 Å². The standard InChI is InChI=1S/C12H27NO3/c1-3-7-15-9-10-16-8-5-4-6-12(2,14)11-13/h14H,3-11,13H2,1-2H3. The predicted octanol–water partition coefficient (Wildman–Crippen LogP) is 1.31. The zero-order chi connectivity index (χ0) is 12.3. The van der Waals surface area contributed by atoms with E-state index in [1.54, 1.807) is 6.92 Å². The van der Waals surface area contributed by atoms with Gasteiger partial charge in [-0.1, -0.05) is 6.92 Å². The Morgan fingerprint density at radius 1 is 1.06 bits per heavy atom. The smallest absolute Gasteiger partial charge is 0.0741 e. The maximum atomic E-state index is 9.64. The van der Waals surface area contributed by atoms with E-state index in [1.165, 1.54) is 0 Å². The van der Waals surface area contributed by atoms with Crippen LogP contribution in [0, 0.1) is 0 Å². The van der Waals surface area contributed by atoms with Crippen LogP contribution in [-0.4, -0.2) is 43.7 Å². The van der Waals surface area contributed by atoms with Crippen LogP contribution in [0.4, 0.5) is 0 Å². The highest BCUT2D eigenvalue weighted by Gasteiger charge is 2.16. The second kappa shape index (κ2) is 10.0. The third-order valence-electron chi connectivity index (χ3n) is 2.41. The Morgan fingerprint density at radius 3 is 2.25 bits per heavy atom. The summed E-state index contributed by atoms with van der Waals surface area (Å²) in [6, 6.07) is 0. The molecule has 1 unspecified atom stereocenters. The lowest BCUT2D eigenvalue weighted by molar-refractivity contribution is 0.0375. The van der Waals surface area contributed by atoms with Gasteiger partial charge in [0.15, 0.2) is 0 Å². The van der Waals surface area contributed by atoms with Gasteiger partial charge in [0.05, 0.1) is 18.8 Å². The predicted molar refractivity (Wildman–Crippen MR) is 65.5 cm³/mol. The molecule has 0 saturated heterocycles. The minimum atomic E-state index is -0.718. The number of hydrogen-bond acceptors (Lipinski definition) is 4. The molecule has 0 spiro atoms. The molecule has 0 fully saturated rings. The first kappa shape index (κ1) is 15.8. The molecule has 0 aromatic rings. The molecule has 0 rings (SSSR count). The van der Waals surface area contributed by atoms with Crippen LogP contribution < -0.4 is 5.73 Å². The topological polar surface area (TPSA) is 64.7 Å². The van der Waals surface area contributed by atoms with Crippen LogP contribution in [-0.2, 0) is 9.47 Å². The van der Waals surface area contributed by atoms with E-state index < -0.39 is 5.60 Å². The van der Waals surface area contributed by atoms with Crippen LogP contribution in [0.5, 0.6) is 0 Å². The second-order valence-corrected chi connectivity index (χ2v) is 4.38. The molecule has 98 valence electrons. The number of hydrogen-bond donors (Lipinski definition) is 2. The summed E-state index contributed by atoms with van der Waals surface area (Å²) in [5.41, 5.74) is 4.70. The molecule has 0 aliphatic carbocycles. The van der Waals surface area contributed by atoms with Crippen molar-refractivity contribution in [2.45, 2.75) is 45.1 Å². The van der Waals surface area contributed by atoms with Crippen molar-refractivity contribution in [3.05, 3.63) is 0 Å². The van der Waals surface area contributed by atoms with E-state index in [-0.39, 0.29) is 0 Å². The Labute approximate surface area is 99.1 Å². The fourth-order valence-electron chi connectivity index (χ4n) is 1.28. The molecule has 0 aliphatic rings. The number of rotatable bonds is 11. The van der Waals surface area contributed by atoms with Gasteiger partial charge < -0.3 is 20.3 Å². The van der Waals surface area contributed by atoms with E-state index in [1.807, 2.05) is 0 Å². The molecule has 0 bridgehead atoms. The minimum Gasteiger partial charge on any atom is -0.389 e. The Bertz CT molecular complexity index is 151. The number of ether oxygens (including phenoxy) is 2. The van der Waals surface area contributed by atoms with Gasteiger partial charge in [0.1, 0.15) is 0 Å². The van der Waals surface area contributed by atoms with Gasteiger partial charge in [-0.05, 0) is 32.6 Å². The SMILES string of the molecule is CCCOCCOCCCCC(C)(O)CN. The average Bonchev–Trinajstić information content (AvgIpc) is 2.27. The molecular formula is C12H27NO3. The minimum absolute atomic E-state index is 0.318. The van der Waals surface area contributed by atoms with Crippen LogP contribution in [0.15, 0.2) is 0 Å². The molecule has 0 aliphatic heterocycles. The Balaban J connectivity index is 3.10. The largest absolute Gasteiger partial charge is 0.389 e. The van der Waals surface area contributed by atoms with Crippen LogP contribution in [0.1, 0.15) is 39.5 Å². The summed E-state index contributed by atoms with van der Waals surface area (Å²) in [7, 11) is 0. The number of unbranched alkanes of at least 4 members (excludes halogenated alkanes) is 1. The normalized spacial score (nSPS) is 15.0. The molecule has 0 heterocycles. The summed E-state index contributed by atoms with van der Waals surface area (Å²) in [6.07, 6.45) is 3.69. The molecule has 4 nitrogen and oxygen atoms in total. The van der Waals surface area contributed by atoms with Crippen molar-refractivity contribution in [2.24, 2.45) is 5.73 Å².